The summed E-state index contributed by atoms with van der Waals surface area (Å²) in [6.45, 7) is 0. The molecule has 0 radical (unpaired) electrons. The van der Waals surface area contributed by atoms with Crippen molar-refractivity contribution in [2.24, 2.45) is 0 Å². The maximum atomic E-state index is 11.8. The third kappa shape index (κ3) is 2.55. The van der Waals surface area contributed by atoms with Crippen LogP contribution in [0.3, 0.4) is 0 Å². The zero-order valence-electron chi connectivity index (χ0n) is 10.1. The van der Waals surface area contributed by atoms with Gasteiger partial charge in [-0.25, -0.2) is 9.78 Å². The van der Waals surface area contributed by atoms with Gasteiger partial charge in [0.15, 0.2) is 0 Å². The highest BCUT2D eigenvalue weighted by atomic mass is 16.2. The number of imidazole rings is 1. The number of rotatable bonds is 2. The van der Waals surface area contributed by atoms with Gasteiger partial charge in [0.2, 0.25) is 5.95 Å². The first-order valence-corrected chi connectivity index (χ1v) is 5.89. The molecule has 0 aliphatic heterocycles. The van der Waals surface area contributed by atoms with Gasteiger partial charge >= 0.3 is 6.03 Å². The second-order valence-electron chi connectivity index (χ2n) is 4.05. The normalized spacial score (nSPS) is 10.3. The zero-order chi connectivity index (χ0) is 13.1. The van der Waals surface area contributed by atoms with Crippen molar-refractivity contribution in [3.63, 3.8) is 0 Å². The Hall–Kier alpha value is -2.82. The van der Waals surface area contributed by atoms with Gasteiger partial charge in [0.1, 0.15) is 0 Å². The van der Waals surface area contributed by atoms with Crippen LogP contribution in [0.25, 0.3) is 11.0 Å². The molecule has 0 unspecified atom stereocenters. The summed E-state index contributed by atoms with van der Waals surface area (Å²) in [6.07, 6.45) is 0. The number of fused-ring (bicyclic) bond motifs is 1. The summed E-state index contributed by atoms with van der Waals surface area (Å²) < 4.78 is 0. The fraction of sp³-hybridized carbons (Fsp3) is 0. The summed E-state index contributed by atoms with van der Waals surface area (Å²) >= 11 is 0. The van der Waals surface area contributed by atoms with Crippen molar-refractivity contribution in [2.75, 3.05) is 10.6 Å². The highest BCUT2D eigenvalue weighted by molar-refractivity contribution is 5.99. The molecule has 0 bridgehead atoms. The number of amides is 2. The minimum Gasteiger partial charge on any atom is -0.324 e. The number of aromatic amines is 1. The molecule has 1 heterocycles. The molecule has 3 aromatic rings. The fourth-order valence-corrected chi connectivity index (χ4v) is 1.80. The van der Waals surface area contributed by atoms with Crippen molar-refractivity contribution in [2.45, 2.75) is 0 Å². The molecule has 0 spiro atoms. The lowest BCUT2D eigenvalue weighted by Crippen LogP contribution is -2.20. The van der Waals surface area contributed by atoms with Crippen LogP contribution in [0.1, 0.15) is 0 Å². The first-order valence-electron chi connectivity index (χ1n) is 5.89. The number of urea groups is 1. The Bertz CT molecular complexity index is 673. The Morgan fingerprint density at radius 2 is 1.68 bits per heavy atom. The summed E-state index contributed by atoms with van der Waals surface area (Å²) in [6, 6.07) is 16.5. The molecule has 0 aliphatic carbocycles. The predicted octanol–water partition coefficient (Wildman–Crippen LogP) is 3.21. The summed E-state index contributed by atoms with van der Waals surface area (Å²) in [5.41, 5.74) is 2.44. The monoisotopic (exact) mass is 252 g/mol. The van der Waals surface area contributed by atoms with Crippen molar-refractivity contribution in [1.29, 1.82) is 0 Å². The third-order valence-corrected chi connectivity index (χ3v) is 2.65. The molecule has 5 heteroatoms. The van der Waals surface area contributed by atoms with Gasteiger partial charge in [0.05, 0.1) is 11.0 Å². The Labute approximate surface area is 109 Å². The standard InChI is InChI=1S/C14H12N4O/c19-14(15-10-6-2-1-3-7-10)18-13-16-11-8-4-5-9-12(11)17-13/h1-9H,(H3,15,16,17,18,19). The lowest BCUT2D eigenvalue weighted by Gasteiger charge is -2.04. The molecule has 19 heavy (non-hydrogen) atoms. The Morgan fingerprint density at radius 3 is 2.47 bits per heavy atom. The molecular weight excluding hydrogens is 240 g/mol. The van der Waals surface area contributed by atoms with Crippen LogP contribution in [-0.4, -0.2) is 16.0 Å². The smallest absolute Gasteiger partial charge is 0.324 e. The highest BCUT2D eigenvalue weighted by Crippen LogP contribution is 2.13. The molecule has 2 amide bonds. The number of carbonyl (C=O) groups excluding carboxylic acids is 1. The van der Waals surface area contributed by atoms with Crippen LogP contribution >= 0.6 is 0 Å². The average Bonchev–Trinajstić information content (AvgIpc) is 2.81. The molecule has 1 aromatic heterocycles. The van der Waals surface area contributed by atoms with E-state index in [1.54, 1.807) is 0 Å². The number of nitrogens with zero attached hydrogens (tertiary/aromatic N) is 1. The molecule has 3 N–H and O–H groups in total. The summed E-state index contributed by atoms with van der Waals surface area (Å²) in [5.74, 6) is 0.426. The molecule has 0 saturated carbocycles. The van der Waals surface area contributed by atoms with Crippen LogP contribution in [0, 0.1) is 0 Å². The van der Waals surface area contributed by atoms with Crippen LogP contribution in [0.5, 0.6) is 0 Å². The van der Waals surface area contributed by atoms with Crippen LogP contribution in [-0.2, 0) is 0 Å². The summed E-state index contributed by atoms with van der Waals surface area (Å²) in [4.78, 5) is 19.1. The van der Waals surface area contributed by atoms with Crippen molar-refractivity contribution in [1.82, 2.24) is 9.97 Å². The largest absolute Gasteiger partial charge is 0.326 e. The Kier molecular flexibility index (Phi) is 2.86. The van der Waals surface area contributed by atoms with E-state index in [1.165, 1.54) is 0 Å². The van der Waals surface area contributed by atoms with Gasteiger partial charge in [-0.15, -0.1) is 0 Å². The SMILES string of the molecule is O=C(Nc1ccccc1)Nc1nc2ccccc2[nH]1. The molecular formula is C14H12N4O. The lowest BCUT2D eigenvalue weighted by molar-refractivity contribution is 0.262. The van der Waals surface area contributed by atoms with Crippen LogP contribution in [0.15, 0.2) is 54.6 Å². The van der Waals surface area contributed by atoms with Gasteiger partial charge in [-0.05, 0) is 24.3 Å². The molecule has 0 atom stereocenters. The number of carbonyl (C=O) groups is 1. The van der Waals surface area contributed by atoms with Crippen LogP contribution < -0.4 is 10.6 Å². The predicted molar refractivity (Wildman–Crippen MR) is 75.2 cm³/mol. The molecule has 0 aliphatic rings. The molecule has 94 valence electrons. The van der Waals surface area contributed by atoms with Crippen molar-refractivity contribution in [3.05, 3.63) is 54.6 Å². The van der Waals surface area contributed by atoms with Gasteiger partial charge in [-0.3, -0.25) is 5.32 Å². The summed E-state index contributed by atoms with van der Waals surface area (Å²) in [7, 11) is 0. The molecule has 0 fully saturated rings. The topological polar surface area (TPSA) is 69.8 Å². The number of hydrogen-bond donors (Lipinski definition) is 3. The highest BCUT2D eigenvalue weighted by Gasteiger charge is 2.06. The van der Waals surface area contributed by atoms with Gasteiger partial charge in [-0.1, -0.05) is 30.3 Å². The fourth-order valence-electron chi connectivity index (χ4n) is 1.80. The van der Waals surface area contributed by atoms with E-state index in [-0.39, 0.29) is 6.03 Å². The van der Waals surface area contributed by atoms with Gasteiger partial charge in [-0.2, -0.15) is 0 Å². The number of anilines is 2. The van der Waals surface area contributed by atoms with Crippen LogP contribution in [0.4, 0.5) is 16.4 Å². The lowest BCUT2D eigenvalue weighted by atomic mass is 10.3. The number of benzene rings is 2. The van der Waals surface area contributed by atoms with Gasteiger partial charge < -0.3 is 10.3 Å². The van der Waals surface area contributed by atoms with E-state index in [9.17, 15) is 4.79 Å². The zero-order valence-corrected chi connectivity index (χ0v) is 10.1. The maximum absolute atomic E-state index is 11.8. The molecule has 5 nitrogen and oxygen atoms in total. The van der Waals surface area contributed by atoms with Gasteiger partial charge in [0.25, 0.3) is 0 Å². The maximum Gasteiger partial charge on any atom is 0.326 e. The van der Waals surface area contributed by atoms with Crippen molar-refractivity contribution in [3.8, 4) is 0 Å². The van der Waals surface area contributed by atoms with Crippen molar-refractivity contribution < 1.29 is 4.79 Å². The number of H-pyrrole nitrogens is 1. The van der Waals surface area contributed by atoms with E-state index in [4.69, 9.17) is 0 Å². The minimum absolute atomic E-state index is 0.328. The second-order valence-corrected chi connectivity index (χ2v) is 4.05. The quantitative estimate of drug-likeness (QED) is 0.655. The van der Waals surface area contributed by atoms with E-state index < -0.39 is 0 Å². The number of hydrogen-bond acceptors (Lipinski definition) is 2. The van der Waals surface area contributed by atoms with Gasteiger partial charge in [0, 0.05) is 5.69 Å². The first kappa shape index (κ1) is 11.3. The minimum atomic E-state index is -0.328. The van der Waals surface area contributed by atoms with E-state index in [0.29, 0.717) is 5.95 Å². The van der Waals surface area contributed by atoms with E-state index in [1.807, 2.05) is 54.6 Å². The Balaban J connectivity index is 1.72. The van der Waals surface area contributed by atoms with Crippen molar-refractivity contribution >= 4 is 28.7 Å². The number of para-hydroxylation sites is 3. The third-order valence-electron chi connectivity index (χ3n) is 2.65. The van der Waals surface area contributed by atoms with E-state index in [2.05, 4.69) is 20.6 Å². The second kappa shape index (κ2) is 4.81. The van der Waals surface area contributed by atoms with E-state index >= 15 is 0 Å². The first-order chi connectivity index (χ1) is 9.31. The van der Waals surface area contributed by atoms with Crippen LogP contribution in [0.2, 0.25) is 0 Å². The van der Waals surface area contributed by atoms with E-state index in [0.717, 1.165) is 16.7 Å². The average molecular weight is 252 g/mol. The number of aromatic nitrogens is 2. The number of nitrogens with one attached hydrogen (secondary N) is 3. The Morgan fingerprint density at radius 1 is 0.947 bits per heavy atom. The summed E-state index contributed by atoms with van der Waals surface area (Å²) in [5, 5.41) is 5.39. The molecule has 0 saturated heterocycles. The molecule has 3 rings (SSSR count). The molecule has 2 aromatic carbocycles.